The van der Waals surface area contributed by atoms with E-state index in [2.05, 4.69) is 9.72 Å². The number of carboxylic acid groups (broad SMARTS) is 1. The van der Waals surface area contributed by atoms with Crippen molar-refractivity contribution in [3.63, 3.8) is 0 Å². The Bertz CT molecular complexity index is 1340. The molecule has 162 valence electrons. The average molecular weight is 439 g/mol. The number of hydrogen-bond acceptors (Lipinski definition) is 3. The fourth-order valence-electron chi connectivity index (χ4n) is 3.49. The van der Waals surface area contributed by atoms with Crippen molar-refractivity contribution in [2.75, 3.05) is 0 Å². The van der Waals surface area contributed by atoms with Gasteiger partial charge in [0.1, 0.15) is 11.3 Å². The Balaban J connectivity index is 1.62. The van der Waals surface area contributed by atoms with Crippen LogP contribution in [0.15, 0.2) is 77.6 Å². The molecule has 32 heavy (non-hydrogen) atoms. The van der Waals surface area contributed by atoms with Crippen LogP contribution in [0, 0.1) is 0 Å². The quantitative estimate of drug-likeness (QED) is 0.438. The van der Waals surface area contributed by atoms with Gasteiger partial charge in [-0.2, -0.15) is 0 Å². The van der Waals surface area contributed by atoms with E-state index in [0.717, 1.165) is 11.1 Å². The minimum absolute atomic E-state index is 0.210. The number of nitrogens with one attached hydrogen (secondary N) is 1. The van der Waals surface area contributed by atoms with Crippen LogP contribution in [0.3, 0.4) is 0 Å². The standard InChI is InChI=1S/C24H16F3NO4/c25-24(26,27)32-17-11-7-15(8-12-17)13-14-5-9-16(10-6-14)21-20(23(30)31)22(29)18-3-1-2-4-19(18)28-21/h1-12H,13H2,(H,28,29)(H,30,31). The fraction of sp³-hybridized carbons (Fsp3) is 0.0833. The zero-order valence-corrected chi connectivity index (χ0v) is 16.4. The maximum absolute atomic E-state index is 12.7. The molecule has 5 nitrogen and oxygen atoms in total. The molecule has 0 bridgehead atoms. The second kappa shape index (κ2) is 8.22. The monoisotopic (exact) mass is 439 g/mol. The van der Waals surface area contributed by atoms with Crippen LogP contribution in [0.4, 0.5) is 13.2 Å². The highest BCUT2D eigenvalue weighted by atomic mass is 19.4. The Morgan fingerprint density at radius 1 is 0.906 bits per heavy atom. The van der Waals surface area contributed by atoms with Gasteiger partial charge in [0, 0.05) is 10.9 Å². The highest BCUT2D eigenvalue weighted by Crippen LogP contribution is 2.25. The van der Waals surface area contributed by atoms with E-state index in [1.165, 1.54) is 12.1 Å². The van der Waals surface area contributed by atoms with Crippen molar-refractivity contribution in [3.05, 3.63) is 99.7 Å². The van der Waals surface area contributed by atoms with Crippen LogP contribution in [-0.4, -0.2) is 22.4 Å². The number of ether oxygens (including phenoxy) is 1. The Morgan fingerprint density at radius 3 is 2.09 bits per heavy atom. The van der Waals surface area contributed by atoms with Gasteiger partial charge in [0.25, 0.3) is 0 Å². The van der Waals surface area contributed by atoms with Gasteiger partial charge < -0.3 is 14.8 Å². The van der Waals surface area contributed by atoms with Gasteiger partial charge >= 0.3 is 12.3 Å². The lowest BCUT2D eigenvalue weighted by Crippen LogP contribution is -2.18. The predicted molar refractivity (Wildman–Crippen MR) is 113 cm³/mol. The summed E-state index contributed by atoms with van der Waals surface area (Å²) < 4.78 is 40.7. The van der Waals surface area contributed by atoms with E-state index in [1.54, 1.807) is 60.7 Å². The number of hydrogen-bond donors (Lipinski definition) is 2. The van der Waals surface area contributed by atoms with E-state index in [0.29, 0.717) is 22.9 Å². The van der Waals surface area contributed by atoms with Gasteiger partial charge in [-0.1, -0.05) is 48.5 Å². The molecule has 0 saturated heterocycles. The number of para-hydroxylation sites is 1. The number of aromatic nitrogens is 1. The highest BCUT2D eigenvalue weighted by molar-refractivity contribution is 5.99. The van der Waals surface area contributed by atoms with Gasteiger partial charge in [-0.15, -0.1) is 13.2 Å². The third-order valence-electron chi connectivity index (χ3n) is 4.93. The van der Waals surface area contributed by atoms with Crippen LogP contribution in [0.1, 0.15) is 21.5 Å². The van der Waals surface area contributed by atoms with Gasteiger partial charge in [-0.05, 0) is 47.4 Å². The smallest absolute Gasteiger partial charge is 0.477 e. The van der Waals surface area contributed by atoms with Crippen molar-refractivity contribution in [2.24, 2.45) is 0 Å². The summed E-state index contributed by atoms with van der Waals surface area (Å²) in [4.78, 5) is 27.5. The van der Waals surface area contributed by atoms with Crippen LogP contribution in [0.5, 0.6) is 5.75 Å². The van der Waals surface area contributed by atoms with Crippen LogP contribution in [-0.2, 0) is 6.42 Å². The second-order valence-electron chi connectivity index (χ2n) is 7.12. The summed E-state index contributed by atoms with van der Waals surface area (Å²) in [7, 11) is 0. The van der Waals surface area contributed by atoms with Gasteiger partial charge in [0.15, 0.2) is 0 Å². The maximum atomic E-state index is 12.7. The van der Waals surface area contributed by atoms with E-state index in [4.69, 9.17) is 0 Å². The molecular formula is C24H16F3NO4. The number of H-pyrrole nitrogens is 1. The minimum Gasteiger partial charge on any atom is -0.477 e. The highest BCUT2D eigenvalue weighted by Gasteiger charge is 2.30. The first kappa shape index (κ1) is 21.2. The summed E-state index contributed by atoms with van der Waals surface area (Å²) in [6.07, 6.45) is -4.29. The van der Waals surface area contributed by atoms with E-state index in [-0.39, 0.29) is 17.0 Å². The molecule has 0 aliphatic heterocycles. The van der Waals surface area contributed by atoms with Crippen LogP contribution in [0.25, 0.3) is 22.2 Å². The summed E-state index contributed by atoms with van der Waals surface area (Å²) in [5.74, 6) is -1.62. The molecule has 0 amide bonds. The number of carbonyl (C=O) groups is 1. The molecule has 4 rings (SSSR count). The first-order chi connectivity index (χ1) is 15.2. The van der Waals surface area contributed by atoms with Gasteiger partial charge in [-0.25, -0.2) is 4.79 Å². The number of fused-ring (bicyclic) bond motifs is 1. The zero-order chi connectivity index (χ0) is 22.9. The van der Waals surface area contributed by atoms with Gasteiger partial charge in [0.05, 0.1) is 5.69 Å². The molecule has 2 N–H and O–H groups in total. The molecule has 0 aliphatic carbocycles. The van der Waals surface area contributed by atoms with Crippen molar-refractivity contribution < 1.29 is 27.8 Å². The first-order valence-corrected chi connectivity index (χ1v) is 9.53. The minimum atomic E-state index is -4.74. The third-order valence-corrected chi connectivity index (χ3v) is 4.93. The molecule has 0 radical (unpaired) electrons. The Hall–Kier alpha value is -4.07. The van der Waals surface area contributed by atoms with Crippen LogP contribution < -0.4 is 10.2 Å². The Morgan fingerprint density at radius 2 is 1.50 bits per heavy atom. The van der Waals surface area contributed by atoms with Gasteiger partial charge in [0.2, 0.25) is 5.43 Å². The second-order valence-corrected chi connectivity index (χ2v) is 7.12. The number of aromatic carboxylic acids is 1. The number of carboxylic acids is 1. The summed E-state index contributed by atoms with van der Waals surface area (Å²) in [5.41, 5.74) is 2.01. The van der Waals surface area contributed by atoms with Crippen LogP contribution in [0.2, 0.25) is 0 Å². The number of benzene rings is 3. The summed E-state index contributed by atoms with van der Waals surface area (Å²) in [5, 5.41) is 9.90. The van der Waals surface area contributed by atoms with Crippen molar-refractivity contribution in [3.8, 4) is 17.0 Å². The molecule has 0 fully saturated rings. The van der Waals surface area contributed by atoms with Crippen molar-refractivity contribution in [1.82, 2.24) is 4.98 Å². The SMILES string of the molecule is O=C(O)c1c(-c2ccc(Cc3ccc(OC(F)(F)F)cc3)cc2)[nH]c2ccccc2c1=O. The Labute approximate surface area is 179 Å². The molecule has 3 aromatic carbocycles. The first-order valence-electron chi connectivity index (χ1n) is 9.53. The number of aromatic amines is 1. The molecule has 0 unspecified atom stereocenters. The van der Waals surface area contributed by atoms with Crippen molar-refractivity contribution >= 4 is 16.9 Å². The number of alkyl halides is 3. The molecule has 0 atom stereocenters. The van der Waals surface area contributed by atoms with E-state index in [9.17, 15) is 27.9 Å². The lowest BCUT2D eigenvalue weighted by atomic mass is 9.99. The third kappa shape index (κ3) is 4.49. The maximum Gasteiger partial charge on any atom is 0.573 e. The molecular weight excluding hydrogens is 423 g/mol. The molecule has 8 heteroatoms. The van der Waals surface area contributed by atoms with E-state index in [1.807, 2.05) is 0 Å². The number of pyridine rings is 1. The summed E-state index contributed by atoms with van der Waals surface area (Å²) >= 11 is 0. The number of rotatable bonds is 5. The molecule has 0 spiro atoms. The van der Waals surface area contributed by atoms with E-state index < -0.39 is 17.8 Å². The normalized spacial score (nSPS) is 11.5. The average Bonchev–Trinajstić information content (AvgIpc) is 2.74. The van der Waals surface area contributed by atoms with Crippen molar-refractivity contribution in [1.29, 1.82) is 0 Å². The Kier molecular flexibility index (Phi) is 5.44. The van der Waals surface area contributed by atoms with Crippen LogP contribution >= 0.6 is 0 Å². The molecule has 0 aliphatic rings. The lowest BCUT2D eigenvalue weighted by molar-refractivity contribution is -0.274. The lowest BCUT2D eigenvalue weighted by Gasteiger charge is -2.11. The van der Waals surface area contributed by atoms with Crippen molar-refractivity contribution in [2.45, 2.75) is 12.8 Å². The zero-order valence-electron chi connectivity index (χ0n) is 16.4. The molecule has 1 heterocycles. The fourth-order valence-corrected chi connectivity index (χ4v) is 3.49. The predicted octanol–water partition coefficient (Wildman–Crippen LogP) is 5.38. The number of halogens is 3. The molecule has 0 saturated carbocycles. The summed E-state index contributed by atoms with van der Waals surface area (Å²) in [6, 6.07) is 19.2. The molecule has 4 aromatic rings. The largest absolute Gasteiger partial charge is 0.573 e. The van der Waals surface area contributed by atoms with E-state index >= 15 is 0 Å². The summed E-state index contributed by atoms with van der Waals surface area (Å²) in [6.45, 7) is 0. The molecule has 1 aromatic heterocycles. The topological polar surface area (TPSA) is 79.4 Å². The van der Waals surface area contributed by atoms with Gasteiger partial charge in [-0.3, -0.25) is 4.79 Å².